The van der Waals surface area contributed by atoms with Crippen LogP contribution in [0.1, 0.15) is 29.7 Å². The number of aliphatic hydroxyl groups is 1. The summed E-state index contributed by atoms with van der Waals surface area (Å²) in [5.74, 6) is 0. The highest BCUT2D eigenvalue weighted by molar-refractivity contribution is 5.34. The van der Waals surface area contributed by atoms with Crippen molar-refractivity contribution in [3.8, 4) is 0 Å². The van der Waals surface area contributed by atoms with Gasteiger partial charge in [-0.1, -0.05) is 31.2 Å². The molecule has 0 aliphatic carbocycles. The summed E-state index contributed by atoms with van der Waals surface area (Å²) < 4.78 is 1.70. The number of nitrogens with zero attached hydrogens (tertiary/aromatic N) is 2. The minimum atomic E-state index is -0.579. The van der Waals surface area contributed by atoms with Crippen molar-refractivity contribution in [2.24, 2.45) is 7.05 Å². The highest BCUT2D eigenvalue weighted by atomic mass is 16.3. The highest BCUT2D eigenvalue weighted by Crippen LogP contribution is 2.24. The summed E-state index contributed by atoms with van der Waals surface area (Å²) in [6.45, 7) is 2.09. The van der Waals surface area contributed by atoms with Gasteiger partial charge in [0.25, 0.3) is 0 Å². The SMILES string of the molecule is CCc1ccccc1C(O)c1cnn(C)c1. The minimum Gasteiger partial charge on any atom is -0.384 e. The Kier molecular flexibility index (Phi) is 3.06. The topological polar surface area (TPSA) is 38.1 Å². The van der Waals surface area contributed by atoms with Crippen molar-refractivity contribution in [3.05, 3.63) is 53.3 Å². The van der Waals surface area contributed by atoms with Gasteiger partial charge < -0.3 is 5.11 Å². The van der Waals surface area contributed by atoms with E-state index in [0.717, 1.165) is 17.5 Å². The first kappa shape index (κ1) is 10.9. The Morgan fingerprint density at radius 2 is 2.12 bits per heavy atom. The Labute approximate surface area is 95.3 Å². The van der Waals surface area contributed by atoms with Crippen LogP contribution in [-0.4, -0.2) is 14.9 Å². The highest BCUT2D eigenvalue weighted by Gasteiger charge is 2.14. The van der Waals surface area contributed by atoms with Crippen molar-refractivity contribution in [2.45, 2.75) is 19.4 Å². The molecule has 0 spiro atoms. The largest absolute Gasteiger partial charge is 0.384 e. The van der Waals surface area contributed by atoms with Gasteiger partial charge in [-0.15, -0.1) is 0 Å². The maximum Gasteiger partial charge on any atom is 0.107 e. The molecule has 0 radical (unpaired) electrons. The first-order chi connectivity index (χ1) is 7.72. The lowest BCUT2D eigenvalue weighted by Gasteiger charge is -2.13. The molecule has 1 aromatic heterocycles. The van der Waals surface area contributed by atoms with Crippen LogP contribution >= 0.6 is 0 Å². The van der Waals surface area contributed by atoms with E-state index in [4.69, 9.17) is 0 Å². The van der Waals surface area contributed by atoms with Gasteiger partial charge in [0.1, 0.15) is 6.10 Å². The van der Waals surface area contributed by atoms with E-state index in [1.807, 2.05) is 31.4 Å². The van der Waals surface area contributed by atoms with Crippen molar-refractivity contribution in [1.29, 1.82) is 0 Å². The Bertz CT molecular complexity index is 476. The zero-order valence-corrected chi connectivity index (χ0v) is 9.59. The molecule has 0 saturated heterocycles. The zero-order chi connectivity index (χ0) is 11.5. The zero-order valence-electron chi connectivity index (χ0n) is 9.59. The lowest BCUT2D eigenvalue weighted by Crippen LogP contribution is -2.02. The Morgan fingerprint density at radius 3 is 2.75 bits per heavy atom. The predicted octanol–water partition coefficient (Wildman–Crippen LogP) is 2.06. The number of rotatable bonds is 3. The summed E-state index contributed by atoms with van der Waals surface area (Å²) in [5, 5.41) is 14.3. The van der Waals surface area contributed by atoms with Crippen molar-refractivity contribution in [1.82, 2.24) is 9.78 Å². The fourth-order valence-electron chi connectivity index (χ4n) is 1.88. The van der Waals surface area contributed by atoms with Crippen LogP contribution in [0.15, 0.2) is 36.7 Å². The number of aliphatic hydroxyl groups excluding tert-OH is 1. The van der Waals surface area contributed by atoms with Gasteiger partial charge >= 0.3 is 0 Å². The maximum absolute atomic E-state index is 10.3. The van der Waals surface area contributed by atoms with E-state index in [0.29, 0.717) is 0 Å². The Balaban J connectivity index is 2.36. The van der Waals surface area contributed by atoms with Crippen LogP contribution in [0.3, 0.4) is 0 Å². The van der Waals surface area contributed by atoms with E-state index in [1.54, 1.807) is 10.9 Å². The van der Waals surface area contributed by atoms with E-state index in [2.05, 4.69) is 18.1 Å². The molecule has 0 aliphatic rings. The molecule has 2 aromatic rings. The van der Waals surface area contributed by atoms with Crippen molar-refractivity contribution in [3.63, 3.8) is 0 Å². The lowest BCUT2D eigenvalue weighted by atomic mass is 9.97. The summed E-state index contributed by atoms with van der Waals surface area (Å²) in [6.07, 6.45) is 3.90. The number of hydrogen-bond donors (Lipinski definition) is 1. The van der Waals surface area contributed by atoms with Gasteiger partial charge in [-0.05, 0) is 17.5 Å². The van der Waals surface area contributed by atoms with Gasteiger partial charge in [0.15, 0.2) is 0 Å². The third-order valence-electron chi connectivity index (χ3n) is 2.77. The molecule has 1 unspecified atom stereocenters. The molecule has 1 atom stereocenters. The average molecular weight is 216 g/mol. The van der Waals surface area contributed by atoms with Gasteiger partial charge in [0.05, 0.1) is 6.20 Å². The molecule has 84 valence electrons. The van der Waals surface area contributed by atoms with Crippen LogP contribution in [0, 0.1) is 0 Å². The molecule has 1 heterocycles. The Hall–Kier alpha value is -1.61. The molecule has 0 saturated carbocycles. The summed E-state index contributed by atoms with van der Waals surface area (Å²) in [7, 11) is 1.85. The summed E-state index contributed by atoms with van der Waals surface area (Å²) in [5.41, 5.74) is 2.99. The second kappa shape index (κ2) is 4.49. The van der Waals surface area contributed by atoms with Gasteiger partial charge in [-0.3, -0.25) is 4.68 Å². The third kappa shape index (κ3) is 1.99. The maximum atomic E-state index is 10.3. The monoisotopic (exact) mass is 216 g/mol. The molecule has 0 fully saturated rings. The fourth-order valence-corrected chi connectivity index (χ4v) is 1.88. The predicted molar refractivity (Wildman–Crippen MR) is 63.1 cm³/mol. The van der Waals surface area contributed by atoms with Crippen LogP contribution < -0.4 is 0 Å². The number of aryl methyl sites for hydroxylation is 2. The molecular weight excluding hydrogens is 200 g/mol. The number of aromatic nitrogens is 2. The summed E-state index contributed by atoms with van der Waals surface area (Å²) >= 11 is 0. The quantitative estimate of drug-likeness (QED) is 0.852. The number of benzene rings is 1. The van der Waals surface area contributed by atoms with E-state index in [1.165, 1.54) is 5.56 Å². The van der Waals surface area contributed by atoms with E-state index >= 15 is 0 Å². The molecule has 0 amide bonds. The van der Waals surface area contributed by atoms with E-state index < -0.39 is 6.10 Å². The van der Waals surface area contributed by atoms with Crippen LogP contribution in [0.2, 0.25) is 0 Å². The molecule has 2 rings (SSSR count). The fraction of sp³-hybridized carbons (Fsp3) is 0.308. The summed E-state index contributed by atoms with van der Waals surface area (Å²) in [6, 6.07) is 7.97. The van der Waals surface area contributed by atoms with E-state index in [9.17, 15) is 5.11 Å². The summed E-state index contributed by atoms with van der Waals surface area (Å²) in [4.78, 5) is 0. The second-order valence-electron chi connectivity index (χ2n) is 3.90. The molecule has 16 heavy (non-hydrogen) atoms. The third-order valence-corrected chi connectivity index (χ3v) is 2.77. The Morgan fingerprint density at radius 1 is 1.38 bits per heavy atom. The molecule has 3 heteroatoms. The van der Waals surface area contributed by atoms with Crippen molar-refractivity contribution >= 4 is 0 Å². The molecule has 3 nitrogen and oxygen atoms in total. The van der Waals surface area contributed by atoms with Gasteiger partial charge in [-0.25, -0.2) is 0 Å². The van der Waals surface area contributed by atoms with Gasteiger partial charge in [-0.2, -0.15) is 5.10 Å². The molecule has 0 aliphatic heterocycles. The lowest BCUT2D eigenvalue weighted by molar-refractivity contribution is 0.219. The molecule has 1 N–H and O–H groups in total. The average Bonchev–Trinajstić information content (AvgIpc) is 2.75. The van der Waals surface area contributed by atoms with Crippen LogP contribution in [0.5, 0.6) is 0 Å². The van der Waals surface area contributed by atoms with Crippen LogP contribution in [-0.2, 0) is 13.5 Å². The van der Waals surface area contributed by atoms with Gasteiger partial charge in [0, 0.05) is 18.8 Å². The molecule has 1 aromatic carbocycles. The second-order valence-corrected chi connectivity index (χ2v) is 3.90. The standard InChI is InChI=1S/C13H16N2O/c1-3-10-6-4-5-7-12(10)13(16)11-8-14-15(2)9-11/h4-9,13,16H,3H2,1-2H3. The van der Waals surface area contributed by atoms with Crippen LogP contribution in [0.25, 0.3) is 0 Å². The first-order valence-electron chi connectivity index (χ1n) is 5.46. The number of hydrogen-bond acceptors (Lipinski definition) is 2. The molecule has 0 bridgehead atoms. The minimum absolute atomic E-state index is 0.579. The van der Waals surface area contributed by atoms with Crippen LogP contribution in [0.4, 0.5) is 0 Å². The first-order valence-corrected chi connectivity index (χ1v) is 5.46. The van der Waals surface area contributed by atoms with Crippen molar-refractivity contribution < 1.29 is 5.11 Å². The normalized spacial score (nSPS) is 12.7. The molecular formula is C13H16N2O. The smallest absolute Gasteiger partial charge is 0.107 e. The van der Waals surface area contributed by atoms with E-state index in [-0.39, 0.29) is 0 Å². The van der Waals surface area contributed by atoms with Gasteiger partial charge in [0.2, 0.25) is 0 Å². The van der Waals surface area contributed by atoms with Crippen molar-refractivity contribution in [2.75, 3.05) is 0 Å².